The first-order valence-electron chi connectivity index (χ1n) is 9.50. The van der Waals surface area contributed by atoms with E-state index < -0.39 is 0 Å². The van der Waals surface area contributed by atoms with Crippen LogP contribution in [0.3, 0.4) is 0 Å². The highest BCUT2D eigenvalue weighted by Gasteiger charge is 2.36. The van der Waals surface area contributed by atoms with Gasteiger partial charge in [0.15, 0.2) is 0 Å². The highest BCUT2D eigenvalue weighted by Crippen LogP contribution is 2.40. The summed E-state index contributed by atoms with van der Waals surface area (Å²) in [4.78, 5) is 20.4. The second kappa shape index (κ2) is 6.39. The molecule has 0 N–H and O–H groups in total. The first-order chi connectivity index (χ1) is 12.4. The molecule has 1 heterocycles. The zero-order valence-electron chi connectivity index (χ0n) is 16.1. The number of fused-ring (bicyclic) bond motifs is 2. The quantitative estimate of drug-likeness (QED) is 0.722. The maximum Gasteiger partial charge on any atom is 0.236 e. The summed E-state index contributed by atoms with van der Waals surface area (Å²) >= 11 is 0. The Kier molecular flexibility index (Phi) is 4.18. The van der Waals surface area contributed by atoms with Gasteiger partial charge in [0.05, 0.1) is 23.8 Å². The molecule has 0 radical (unpaired) electrons. The minimum Gasteiger partial charge on any atom is -0.305 e. The molecule has 2 aromatic rings. The lowest BCUT2D eigenvalue weighted by atomic mass is 10.0. The summed E-state index contributed by atoms with van der Waals surface area (Å²) in [5.74, 6) is 0.164. The number of carbonyl (C=O) groups is 1. The molecule has 3 nitrogen and oxygen atoms in total. The number of nitrogens with zero attached hydrogens (tertiary/aromatic N) is 2. The maximum atomic E-state index is 13.4. The number of amides is 1. The number of hydrogen-bond donors (Lipinski definition) is 0. The van der Waals surface area contributed by atoms with Gasteiger partial charge in [-0.05, 0) is 81.3 Å². The zero-order valence-corrected chi connectivity index (χ0v) is 16.1. The van der Waals surface area contributed by atoms with E-state index in [-0.39, 0.29) is 11.8 Å². The Balaban J connectivity index is 1.84. The van der Waals surface area contributed by atoms with Gasteiger partial charge in [-0.3, -0.25) is 9.79 Å². The molecular weight excluding hydrogens is 320 g/mol. The molecule has 1 aliphatic carbocycles. The molecule has 3 heteroatoms. The smallest absolute Gasteiger partial charge is 0.236 e. The van der Waals surface area contributed by atoms with Crippen molar-refractivity contribution in [1.82, 2.24) is 0 Å². The molecule has 0 unspecified atom stereocenters. The Morgan fingerprint density at radius 2 is 1.81 bits per heavy atom. The average molecular weight is 346 g/mol. The molecule has 2 aromatic carbocycles. The maximum absolute atomic E-state index is 13.4. The summed E-state index contributed by atoms with van der Waals surface area (Å²) in [5.41, 5.74) is 9.08. The van der Waals surface area contributed by atoms with Crippen LogP contribution in [-0.4, -0.2) is 11.6 Å². The monoisotopic (exact) mass is 346 g/mol. The molecule has 0 spiro atoms. The van der Waals surface area contributed by atoms with Gasteiger partial charge < -0.3 is 4.90 Å². The Bertz CT molecular complexity index is 926. The van der Waals surface area contributed by atoms with Crippen LogP contribution < -0.4 is 4.90 Å². The number of aliphatic imine (C=N–C) groups is 1. The van der Waals surface area contributed by atoms with Crippen molar-refractivity contribution in [2.75, 3.05) is 4.90 Å². The minimum absolute atomic E-state index is 0.0480. The normalized spacial score (nSPS) is 19.1. The number of carbonyl (C=O) groups excluding carboxylic acids is 1. The van der Waals surface area contributed by atoms with E-state index in [1.54, 1.807) is 0 Å². The molecule has 1 saturated carbocycles. The molecule has 2 aliphatic rings. The number of benzene rings is 2. The fourth-order valence-electron chi connectivity index (χ4n) is 4.09. The van der Waals surface area contributed by atoms with Gasteiger partial charge in [-0.2, -0.15) is 0 Å². The highest BCUT2D eigenvalue weighted by molar-refractivity contribution is 6.15. The Morgan fingerprint density at radius 1 is 1.04 bits per heavy atom. The summed E-state index contributed by atoms with van der Waals surface area (Å²) in [5, 5.41) is 0. The van der Waals surface area contributed by atoms with Crippen LogP contribution in [0.2, 0.25) is 0 Å². The van der Waals surface area contributed by atoms with E-state index in [9.17, 15) is 4.79 Å². The summed E-state index contributed by atoms with van der Waals surface area (Å²) in [7, 11) is 0. The van der Waals surface area contributed by atoms with Crippen LogP contribution in [-0.2, 0) is 11.3 Å². The van der Waals surface area contributed by atoms with Gasteiger partial charge >= 0.3 is 0 Å². The number of rotatable bonds is 2. The SMILES string of the molecule is Cc1ccc(C)c(CN2C(=O)[C@@H]3CCCC3=Nc3cc(C)c(C)cc32)c1. The Labute approximate surface area is 155 Å². The van der Waals surface area contributed by atoms with Crippen LogP contribution in [0.1, 0.15) is 47.1 Å². The van der Waals surface area contributed by atoms with Crippen molar-refractivity contribution in [1.29, 1.82) is 0 Å². The molecule has 1 atom stereocenters. The van der Waals surface area contributed by atoms with Crippen molar-refractivity contribution < 1.29 is 4.79 Å². The molecule has 134 valence electrons. The molecule has 1 fully saturated rings. The van der Waals surface area contributed by atoms with E-state index in [0.717, 1.165) is 36.3 Å². The number of aryl methyl sites for hydroxylation is 4. The fourth-order valence-corrected chi connectivity index (χ4v) is 4.09. The Hall–Kier alpha value is -2.42. The van der Waals surface area contributed by atoms with Crippen LogP contribution in [0.5, 0.6) is 0 Å². The largest absolute Gasteiger partial charge is 0.305 e. The lowest BCUT2D eigenvalue weighted by Gasteiger charge is -2.26. The third kappa shape index (κ3) is 2.86. The van der Waals surface area contributed by atoms with Crippen molar-refractivity contribution in [3.8, 4) is 0 Å². The summed E-state index contributed by atoms with van der Waals surface area (Å²) in [6, 6.07) is 10.7. The van der Waals surface area contributed by atoms with E-state index in [2.05, 4.69) is 58.0 Å². The van der Waals surface area contributed by atoms with Gasteiger partial charge in [0.1, 0.15) is 0 Å². The minimum atomic E-state index is -0.0480. The third-order valence-corrected chi connectivity index (χ3v) is 5.87. The summed E-state index contributed by atoms with van der Waals surface area (Å²) < 4.78 is 0. The van der Waals surface area contributed by atoms with Crippen LogP contribution >= 0.6 is 0 Å². The molecule has 0 aromatic heterocycles. The molecule has 0 saturated heterocycles. The summed E-state index contributed by atoms with van der Waals surface area (Å²) in [6.45, 7) is 9.06. The third-order valence-electron chi connectivity index (χ3n) is 5.87. The predicted molar refractivity (Wildman–Crippen MR) is 107 cm³/mol. The van der Waals surface area contributed by atoms with Gasteiger partial charge in [-0.15, -0.1) is 0 Å². The fraction of sp³-hybridized carbons (Fsp3) is 0.391. The van der Waals surface area contributed by atoms with E-state index in [4.69, 9.17) is 4.99 Å². The van der Waals surface area contributed by atoms with Crippen LogP contribution in [0.15, 0.2) is 35.3 Å². The van der Waals surface area contributed by atoms with Gasteiger partial charge in [0.2, 0.25) is 5.91 Å². The van der Waals surface area contributed by atoms with Crippen LogP contribution in [0, 0.1) is 33.6 Å². The molecule has 4 rings (SSSR count). The van der Waals surface area contributed by atoms with Gasteiger partial charge in [0.25, 0.3) is 0 Å². The number of anilines is 1. The van der Waals surface area contributed by atoms with Crippen molar-refractivity contribution in [3.05, 3.63) is 58.1 Å². The van der Waals surface area contributed by atoms with Gasteiger partial charge in [-0.1, -0.05) is 23.8 Å². The van der Waals surface area contributed by atoms with Crippen molar-refractivity contribution in [2.24, 2.45) is 10.9 Å². The number of hydrogen-bond acceptors (Lipinski definition) is 2. The standard InChI is InChI=1S/C23H26N2O/c1-14-8-9-15(2)18(10-14)13-25-22-12-17(4)16(3)11-21(22)24-20-7-5-6-19(20)23(25)26/h8-12,19H,5-7,13H2,1-4H3/t19-/m1/s1. The van der Waals surface area contributed by atoms with E-state index in [1.807, 2.05) is 4.90 Å². The molecule has 0 bridgehead atoms. The van der Waals surface area contributed by atoms with Gasteiger partial charge in [-0.25, -0.2) is 0 Å². The predicted octanol–water partition coefficient (Wildman–Crippen LogP) is 5.34. The molecule has 1 amide bonds. The molecule has 1 aliphatic heterocycles. The highest BCUT2D eigenvalue weighted by atomic mass is 16.2. The van der Waals surface area contributed by atoms with Crippen molar-refractivity contribution in [2.45, 2.75) is 53.5 Å². The van der Waals surface area contributed by atoms with Crippen molar-refractivity contribution in [3.63, 3.8) is 0 Å². The lowest BCUT2D eigenvalue weighted by molar-refractivity contribution is -0.120. The van der Waals surface area contributed by atoms with Gasteiger partial charge in [0, 0.05) is 5.71 Å². The summed E-state index contributed by atoms with van der Waals surface area (Å²) in [6.07, 6.45) is 2.93. The topological polar surface area (TPSA) is 32.7 Å². The van der Waals surface area contributed by atoms with E-state index >= 15 is 0 Å². The first-order valence-corrected chi connectivity index (χ1v) is 9.50. The Morgan fingerprint density at radius 3 is 2.62 bits per heavy atom. The second-order valence-corrected chi connectivity index (χ2v) is 7.83. The van der Waals surface area contributed by atoms with Crippen LogP contribution in [0.4, 0.5) is 11.4 Å². The lowest BCUT2D eigenvalue weighted by Crippen LogP contribution is -2.36. The zero-order chi connectivity index (χ0) is 18.4. The second-order valence-electron chi connectivity index (χ2n) is 7.83. The van der Waals surface area contributed by atoms with Crippen molar-refractivity contribution >= 4 is 23.0 Å². The van der Waals surface area contributed by atoms with Crippen LogP contribution in [0.25, 0.3) is 0 Å². The van der Waals surface area contributed by atoms with E-state index in [1.165, 1.54) is 27.8 Å². The van der Waals surface area contributed by atoms with E-state index in [0.29, 0.717) is 6.54 Å². The average Bonchev–Trinajstić information content (AvgIpc) is 3.03. The molecule has 26 heavy (non-hydrogen) atoms. The first kappa shape index (κ1) is 17.0. The molecular formula is C23H26N2O.